The highest BCUT2D eigenvalue weighted by Gasteiger charge is 2.50. The summed E-state index contributed by atoms with van der Waals surface area (Å²) in [7, 11) is 0. The number of hydrogen-bond donors (Lipinski definition) is 0. The van der Waals surface area contributed by atoms with Gasteiger partial charge in [0.15, 0.2) is 0 Å². The number of rotatable bonds is 4. The fraction of sp³-hybridized carbons (Fsp3) is 0.778. The van der Waals surface area contributed by atoms with Gasteiger partial charge in [0.1, 0.15) is 11.3 Å². The van der Waals surface area contributed by atoms with Crippen molar-refractivity contribution in [1.82, 2.24) is 9.88 Å². The van der Waals surface area contributed by atoms with E-state index in [1.165, 1.54) is 11.3 Å². The van der Waals surface area contributed by atoms with Gasteiger partial charge >= 0.3 is 0 Å². The maximum Gasteiger partial charge on any atom is 0.273 e. The summed E-state index contributed by atoms with van der Waals surface area (Å²) >= 11 is 1.51. The largest absolute Gasteiger partial charge is 0.381 e. The molecule has 25 heavy (non-hydrogen) atoms. The van der Waals surface area contributed by atoms with Gasteiger partial charge in [-0.05, 0) is 32.1 Å². The van der Waals surface area contributed by atoms with Crippen LogP contribution in [0.25, 0.3) is 0 Å². The summed E-state index contributed by atoms with van der Waals surface area (Å²) in [4.78, 5) is 18.6. The topological polar surface area (TPSA) is 60.9 Å². The van der Waals surface area contributed by atoms with Crippen LogP contribution in [-0.2, 0) is 14.2 Å². The zero-order valence-corrected chi connectivity index (χ0v) is 15.6. The van der Waals surface area contributed by atoms with Crippen molar-refractivity contribution < 1.29 is 19.0 Å². The van der Waals surface area contributed by atoms with Gasteiger partial charge in [-0.3, -0.25) is 4.79 Å². The number of aromatic nitrogens is 1. The molecular weight excluding hydrogens is 340 g/mol. The summed E-state index contributed by atoms with van der Waals surface area (Å²) in [6.45, 7) is 6.49. The number of hydrogen-bond acceptors (Lipinski definition) is 6. The Labute approximate surface area is 152 Å². The lowest BCUT2D eigenvalue weighted by molar-refractivity contribution is -0.188. The van der Waals surface area contributed by atoms with Crippen LogP contribution in [0.5, 0.6) is 0 Å². The highest BCUT2D eigenvalue weighted by Crippen LogP contribution is 2.36. The van der Waals surface area contributed by atoms with Crippen LogP contribution in [0.2, 0.25) is 0 Å². The second-order valence-corrected chi connectivity index (χ2v) is 8.51. The predicted octanol–water partition coefficient (Wildman–Crippen LogP) is 2.27. The fourth-order valence-electron chi connectivity index (χ4n) is 3.95. The van der Waals surface area contributed by atoms with Crippen LogP contribution in [0.3, 0.4) is 0 Å². The molecule has 6 nitrogen and oxygen atoms in total. The van der Waals surface area contributed by atoms with Gasteiger partial charge in [0.05, 0.1) is 24.2 Å². The Morgan fingerprint density at radius 2 is 2.16 bits per heavy atom. The van der Waals surface area contributed by atoms with Crippen LogP contribution in [0.4, 0.5) is 0 Å². The number of carbonyl (C=O) groups excluding carboxylic acids is 1. The molecule has 3 aliphatic heterocycles. The van der Waals surface area contributed by atoms with E-state index in [9.17, 15) is 4.79 Å². The van der Waals surface area contributed by atoms with E-state index < -0.39 is 0 Å². The Balaban J connectivity index is 1.26. The monoisotopic (exact) mass is 366 g/mol. The molecule has 0 radical (unpaired) electrons. The van der Waals surface area contributed by atoms with Crippen LogP contribution < -0.4 is 0 Å². The van der Waals surface area contributed by atoms with Crippen molar-refractivity contribution in [3.63, 3.8) is 0 Å². The Morgan fingerprint density at radius 3 is 2.88 bits per heavy atom. The third-order valence-electron chi connectivity index (χ3n) is 5.44. The highest BCUT2D eigenvalue weighted by molar-refractivity contribution is 7.09. The number of carbonyl (C=O) groups is 1. The van der Waals surface area contributed by atoms with Crippen LogP contribution in [-0.4, -0.2) is 67.0 Å². The molecule has 1 amide bonds. The molecule has 0 N–H and O–H groups in total. The molecule has 4 heterocycles. The molecule has 0 aromatic carbocycles. The number of likely N-dealkylation sites (tertiary alicyclic amines) is 1. The summed E-state index contributed by atoms with van der Waals surface area (Å²) in [6, 6.07) is 0. The van der Waals surface area contributed by atoms with Crippen molar-refractivity contribution in [2.45, 2.75) is 44.3 Å². The van der Waals surface area contributed by atoms with Gasteiger partial charge in [-0.2, -0.15) is 0 Å². The Bertz CT molecular complexity index is 608. The molecule has 0 saturated carbocycles. The summed E-state index contributed by atoms with van der Waals surface area (Å²) in [6.07, 6.45) is 4.28. The molecule has 1 aromatic rings. The molecule has 138 valence electrons. The maximum atomic E-state index is 12.5. The van der Waals surface area contributed by atoms with E-state index in [1.54, 1.807) is 0 Å². The lowest BCUT2D eigenvalue weighted by Gasteiger charge is -2.52. The zero-order valence-electron chi connectivity index (χ0n) is 14.7. The van der Waals surface area contributed by atoms with Crippen molar-refractivity contribution in [2.24, 2.45) is 5.92 Å². The van der Waals surface area contributed by atoms with Crippen molar-refractivity contribution in [1.29, 1.82) is 0 Å². The highest BCUT2D eigenvalue weighted by atomic mass is 32.1. The number of amides is 1. The summed E-state index contributed by atoms with van der Waals surface area (Å²) < 4.78 is 17.6. The van der Waals surface area contributed by atoms with Crippen LogP contribution in [0.1, 0.15) is 41.2 Å². The standard InChI is InChI=1S/C18H26N2O4S/c1-13-19-16(10-25-13)17(21)20-11-18(12-20)8-15(4-7-24-18)23-9-14-2-5-22-6-3-14/h10,14-15H,2-9,11-12H2,1H3/t15-/m0/s1. The first-order valence-corrected chi connectivity index (χ1v) is 10.1. The number of ether oxygens (including phenoxy) is 3. The van der Waals surface area contributed by atoms with Gasteiger partial charge in [0.25, 0.3) is 5.91 Å². The van der Waals surface area contributed by atoms with Crippen molar-refractivity contribution in [3.05, 3.63) is 16.1 Å². The van der Waals surface area contributed by atoms with E-state index in [0.29, 0.717) is 24.7 Å². The minimum atomic E-state index is -0.209. The fourth-order valence-corrected chi connectivity index (χ4v) is 4.53. The van der Waals surface area contributed by atoms with Crippen LogP contribution in [0, 0.1) is 12.8 Å². The van der Waals surface area contributed by atoms with Crippen LogP contribution >= 0.6 is 11.3 Å². The second-order valence-electron chi connectivity index (χ2n) is 7.45. The van der Waals surface area contributed by atoms with E-state index in [-0.39, 0.29) is 17.6 Å². The number of nitrogens with zero attached hydrogens (tertiary/aromatic N) is 2. The van der Waals surface area contributed by atoms with Crippen molar-refractivity contribution >= 4 is 17.2 Å². The van der Waals surface area contributed by atoms with Crippen molar-refractivity contribution in [3.8, 4) is 0 Å². The first kappa shape index (κ1) is 17.4. The molecule has 3 saturated heterocycles. The molecule has 3 aliphatic rings. The minimum absolute atomic E-state index is 0.0174. The number of thiazole rings is 1. The van der Waals surface area contributed by atoms with Gasteiger partial charge in [0, 0.05) is 38.2 Å². The van der Waals surface area contributed by atoms with E-state index in [0.717, 1.165) is 57.1 Å². The predicted molar refractivity (Wildman–Crippen MR) is 94.0 cm³/mol. The van der Waals surface area contributed by atoms with Gasteiger partial charge in [-0.15, -0.1) is 11.3 Å². The molecule has 3 fully saturated rings. The van der Waals surface area contributed by atoms with E-state index in [1.807, 2.05) is 17.2 Å². The third kappa shape index (κ3) is 3.89. The van der Waals surface area contributed by atoms with Crippen LogP contribution in [0.15, 0.2) is 5.38 Å². The van der Waals surface area contributed by atoms with Crippen molar-refractivity contribution in [2.75, 3.05) is 39.5 Å². The lowest BCUT2D eigenvalue weighted by Crippen LogP contribution is -2.67. The average Bonchev–Trinajstić information content (AvgIpc) is 3.05. The van der Waals surface area contributed by atoms with Gasteiger partial charge in [-0.25, -0.2) is 4.98 Å². The molecule has 0 bridgehead atoms. The molecule has 1 spiro atoms. The molecule has 1 atom stereocenters. The summed E-state index contributed by atoms with van der Waals surface area (Å²) in [5.74, 6) is 0.642. The Hall–Kier alpha value is -1.02. The molecule has 0 unspecified atom stereocenters. The smallest absolute Gasteiger partial charge is 0.273 e. The Morgan fingerprint density at radius 1 is 1.36 bits per heavy atom. The average molecular weight is 366 g/mol. The summed E-state index contributed by atoms with van der Waals surface area (Å²) in [5, 5.41) is 2.76. The third-order valence-corrected chi connectivity index (χ3v) is 6.21. The second kappa shape index (κ2) is 7.31. The van der Waals surface area contributed by atoms with Gasteiger partial charge in [0.2, 0.25) is 0 Å². The molecule has 1 aromatic heterocycles. The summed E-state index contributed by atoms with van der Waals surface area (Å²) in [5.41, 5.74) is 0.347. The van der Waals surface area contributed by atoms with E-state index >= 15 is 0 Å². The molecule has 4 rings (SSSR count). The quantitative estimate of drug-likeness (QED) is 0.818. The lowest BCUT2D eigenvalue weighted by atomic mass is 9.84. The minimum Gasteiger partial charge on any atom is -0.381 e. The van der Waals surface area contributed by atoms with E-state index in [2.05, 4.69) is 4.98 Å². The van der Waals surface area contributed by atoms with Gasteiger partial charge < -0.3 is 19.1 Å². The number of aryl methyl sites for hydroxylation is 1. The molecular formula is C18H26N2O4S. The first-order chi connectivity index (χ1) is 12.1. The SMILES string of the molecule is Cc1nc(C(=O)N2CC3(C[C@@H](OCC4CCOCC4)CCO3)C2)cs1. The van der Waals surface area contributed by atoms with E-state index in [4.69, 9.17) is 14.2 Å². The maximum absolute atomic E-state index is 12.5. The Kier molecular flexibility index (Phi) is 5.08. The molecule has 0 aliphatic carbocycles. The van der Waals surface area contributed by atoms with Gasteiger partial charge in [-0.1, -0.05) is 0 Å². The molecule has 7 heteroatoms. The first-order valence-electron chi connectivity index (χ1n) is 9.18. The zero-order chi connectivity index (χ0) is 17.3. The normalized spacial score (nSPS) is 26.6.